The van der Waals surface area contributed by atoms with Crippen LogP contribution >= 0.6 is 0 Å². The smallest absolute Gasteiger partial charge is 0.150 e. The molecular weight excluding hydrogens is 200 g/mol. The predicted molar refractivity (Wildman–Crippen MR) is 63.8 cm³/mol. The van der Waals surface area contributed by atoms with Crippen LogP contribution in [0.25, 0.3) is 0 Å². The Balaban J connectivity index is 2.12. The molecule has 0 bridgehead atoms. The third-order valence-corrected chi connectivity index (χ3v) is 3.48. The first-order valence-corrected chi connectivity index (χ1v) is 5.94. The first-order valence-electron chi connectivity index (χ1n) is 5.94. The average molecular weight is 218 g/mol. The van der Waals surface area contributed by atoms with E-state index in [0.717, 1.165) is 31.5 Å². The van der Waals surface area contributed by atoms with Gasteiger partial charge in [-0.25, -0.2) is 0 Å². The van der Waals surface area contributed by atoms with Gasteiger partial charge < -0.3 is 4.74 Å². The standard InChI is InChI=1S/C14H18O2/c1-11(14-6-3-7-16-10-14)13-5-2-4-12(8-13)9-15/h2,4-5,8-9,11,14H,3,6-7,10H2,1H3. The van der Waals surface area contributed by atoms with Crippen LogP contribution in [0.15, 0.2) is 24.3 Å². The van der Waals surface area contributed by atoms with Crippen LogP contribution in [-0.4, -0.2) is 19.5 Å². The van der Waals surface area contributed by atoms with Gasteiger partial charge in [0.25, 0.3) is 0 Å². The van der Waals surface area contributed by atoms with Crippen LogP contribution in [-0.2, 0) is 4.74 Å². The number of hydrogen-bond acceptors (Lipinski definition) is 2. The van der Waals surface area contributed by atoms with E-state index in [1.165, 1.54) is 12.0 Å². The van der Waals surface area contributed by atoms with Crippen LogP contribution in [0.3, 0.4) is 0 Å². The summed E-state index contributed by atoms with van der Waals surface area (Å²) in [5.74, 6) is 1.07. The molecule has 2 heteroatoms. The predicted octanol–water partition coefficient (Wildman–Crippen LogP) is 3.03. The monoisotopic (exact) mass is 218 g/mol. The van der Waals surface area contributed by atoms with Gasteiger partial charge >= 0.3 is 0 Å². The number of carbonyl (C=O) groups is 1. The number of ether oxygens (including phenoxy) is 1. The molecule has 16 heavy (non-hydrogen) atoms. The van der Waals surface area contributed by atoms with Crippen molar-refractivity contribution in [3.8, 4) is 0 Å². The van der Waals surface area contributed by atoms with Crippen LogP contribution < -0.4 is 0 Å². The summed E-state index contributed by atoms with van der Waals surface area (Å²) in [4.78, 5) is 10.7. The van der Waals surface area contributed by atoms with E-state index in [-0.39, 0.29) is 0 Å². The van der Waals surface area contributed by atoms with Crippen molar-refractivity contribution in [3.63, 3.8) is 0 Å². The molecule has 0 saturated carbocycles. The fraction of sp³-hybridized carbons (Fsp3) is 0.500. The van der Waals surface area contributed by atoms with E-state index in [9.17, 15) is 4.79 Å². The van der Waals surface area contributed by atoms with Gasteiger partial charge in [0.2, 0.25) is 0 Å². The molecule has 1 aromatic rings. The van der Waals surface area contributed by atoms with E-state index in [0.29, 0.717) is 11.8 Å². The Morgan fingerprint density at radius 2 is 2.38 bits per heavy atom. The first-order chi connectivity index (χ1) is 7.81. The Morgan fingerprint density at radius 1 is 1.50 bits per heavy atom. The highest BCUT2D eigenvalue weighted by Crippen LogP contribution is 2.30. The third kappa shape index (κ3) is 2.50. The van der Waals surface area contributed by atoms with Gasteiger partial charge in [-0.3, -0.25) is 4.79 Å². The molecule has 1 aliphatic heterocycles. The maximum atomic E-state index is 10.7. The van der Waals surface area contributed by atoms with Gasteiger partial charge in [0.1, 0.15) is 6.29 Å². The van der Waals surface area contributed by atoms with E-state index < -0.39 is 0 Å². The second kappa shape index (κ2) is 5.26. The van der Waals surface area contributed by atoms with Crippen molar-refractivity contribution in [2.75, 3.05) is 13.2 Å². The summed E-state index contributed by atoms with van der Waals surface area (Å²) in [6, 6.07) is 7.90. The summed E-state index contributed by atoms with van der Waals surface area (Å²) >= 11 is 0. The molecule has 2 nitrogen and oxygen atoms in total. The summed E-state index contributed by atoms with van der Waals surface area (Å²) in [6.07, 6.45) is 3.29. The zero-order chi connectivity index (χ0) is 11.4. The molecule has 1 heterocycles. The molecule has 2 atom stereocenters. The molecule has 2 unspecified atom stereocenters. The largest absolute Gasteiger partial charge is 0.381 e. The molecule has 0 radical (unpaired) electrons. The summed E-state index contributed by atoms with van der Waals surface area (Å²) in [5.41, 5.74) is 2.01. The minimum absolute atomic E-state index is 0.472. The van der Waals surface area contributed by atoms with Crippen molar-refractivity contribution in [3.05, 3.63) is 35.4 Å². The van der Waals surface area contributed by atoms with Gasteiger partial charge in [-0.05, 0) is 36.3 Å². The SMILES string of the molecule is CC(c1cccc(C=O)c1)C1CCCOC1. The first kappa shape index (κ1) is 11.3. The summed E-state index contributed by atoms with van der Waals surface area (Å²) in [6.45, 7) is 3.98. The molecule has 0 aliphatic carbocycles. The van der Waals surface area contributed by atoms with E-state index >= 15 is 0 Å². The van der Waals surface area contributed by atoms with Crippen molar-refractivity contribution in [1.29, 1.82) is 0 Å². The second-order valence-corrected chi connectivity index (χ2v) is 4.55. The minimum atomic E-state index is 0.472. The van der Waals surface area contributed by atoms with Gasteiger partial charge in [0.05, 0.1) is 0 Å². The quantitative estimate of drug-likeness (QED) is 0.729. The third-order valence-electron chi connectivity index (χ3n) is 3.48. The molecular formula is C14H18O2. The molecule has 0 spiro atoms. The Kier molecular flexibility index (Phi) is 3.73. The minimum Gasteiger partial charge on any atom is -0.381 e. The van der Waals surface area contributed by atoms with E-state index in [1.54, 1.807) is 0 Å². The highest BCUT2D eigenvalue weighted by Gasteiger charge is 2.21. The van der Waals surface area contributed by atoms with Crippen molar-refractivity contribution in [2.45, 2.75) is 25.7 Å². The number of hydrogen-bond donors (Lipinski definition) is 0. The van der Waals surface area contributed by atoms with Crippen LogP contribution in [0, 0.1) is 5.92 Å². The van der Waals surface area contributed by atoms with Crippen LogP contribution in [0.2, 0.25) is 0 Å². The zero-order valence-corrected chi connectivity index (χ0v) is 9.69. The number of rotatable bonds is 3. The van der Waals surface area contributed by atoms with Crippen molar-refractivity contribution in [1.82, 2.24) is 0 Å². The fourth-order valence-corrected chi connectivity index (χ4v) is 2.35. The summed E-state index contributed by atoms with van der Waals surface area (Å²) in [7, 11) is 0. The molecule has 1 aliphatic rings. The Labute approximate surface area is 96.6 Å². The lowest BCUT2D eigenvalue weighted by molar-refractivity contribution is 0.0463. The molecule has 2 rings (SSSR count). The second-order valence-electron chi connectivity index (χ2n) is 4.55. The normalized spacial score (nSPS) is 22.7. The van der Waals surface area contributed by atoms with Crippen LogP contribution in [0.1, 0.15) is 41.6 Å². The van der Waals surface area contributed by atoms with Gasteiger partial charge in [0.15, 0.2) is 0 Å². The highest BCUT2D eigenvalue weighted by molar-refractivity contribution is 5.75. The van der Waals surface area contributed by atoms with Crippen LogP contribution in [0.4, 0.5) is 0 Å². The molecule has 86 valence electrons. The van der Waals surface area contributed by atoms with E-state index in [4.69, 9.17) is 4.74 Å². The Bertz CT molecular complexity index is 354. The topological polar surface area (TPSA) is 26.3 Å². The molecule has 0 N–H and O–H groups in total. The van der Waals surface area contributed by atoms with Crippen molar-refractivity contribution in [2.24, 2.45) is 5.92 Å². The van der Waals surface area contributed by atoms with Gasteiger partial charge in [0, 0.05) is 18.8 Å². The maximum Gasteiger partial charge on any atom is 0.150 e. The number of benzene rings is 1. The van der Waals surface area contributed by atoms with E-state index in [2.05, 4.69) is 13.0 Å². The molecule has 0 amide bonds. The summed E-state index contributed by atoms with van der Waals surface area (Å²) < 4.78 is 5.51. The van der Waals surface area contributed by atoms with Gasteiger partial charge in [-0.1, -0.05) is 25.1 Å². The van der Waals surface area contributed by atoms with Crippen molar-refractivity contribution >= 4 is 6.29 Å². The zero-order valence-electron chi connectivity index (χ0n) is 9.69. The molecule has 1 aromatic carbocycles. The van der Waals surface area contributed by atoms with Crippen LogP contribution in [0.5, 0.6) is 0 Å². The lowest BCUT2D eigenvalue weighted by Gasteiger charge is -2.28. The maximum absolute atomic E-state index is 10.7. The van der Waals surface area contributed by atoms with E-state index in [1.807, 2.05) is 18.2 Å². The average Bonchev–Trinajstić information content (AvgIpc) is 2.39. The van der Waals surface area contributed by atoms with Gasteiger partial charge in [-0.15, -0.1) is 0 Å². The lowest BCUT2D eigenvalue weighted by Crippen LogP contribution is -2.22. The Morgan fingerprint density at radius 3 is 3.06 bits per heavy atom. The summed E-state index contributed by atoms with van der Waals surface area (Å²) in [5, 5.41) is 0. The molecule has 1 saturated heterocycles. The fourth-order valence-electron chi connectivity index (χ4n) is 2.35. The highest BCUT2D eigenvalue weighted by atomic mass is 16.5. The number of carbonyl (C=O) groups excluding carboxylic acids is 1. The molecule has 1 fully saturated rings. The van der Waals surface area contributed by atoms with Gasteiger partial charge in [-0.2, -0.15) is 0 Å². The van der Waals surface area contributed by atoms with Crippen molar-refractivity contribution < 1.29 is 9.53 Å². The molecule has 0 aromatic heterocycles. The Hall–Kier alpha value is -1.15. The number of aldehydes is 1. The lowest BCUT2D eigenvalue weighted by atomic mass is 9.84.